The van der Waals surface area contributed by atoms with Gasteiger partial charge in [0.15, 0.2) is 0 Å². The number of rotatable bonds is 2. The van der Waals surface area contributed by atoms with Crippen molar-refractivity contribution in [2.75, 3.05) is 13.6 Å². The van der Waals surface area contributed by atoms with Gasteiger partial charge in [-0.3, -0.25) is 0 Å². The summed E-state index contributed by atoms with van der Waals surface area (Å²) in [6, 6.07) is 0. The molecule has 1 saturated carbocycles. The second-order valence-corrected chi connectivity index (χ2v) is 3.06. The highest BCUT2D eigenvalue weighted by atomic mass is 16.5. The third kappa shape index (κ3) is 2.33. The maximum atomic E-state index is 10.6. The third-order valence-electron chi connectivity index (χ3n) is 2.05. The summed E-state index contributed by atoms with van der Waals surface area (Å²) in [7, 11) is 1.69. The van der Waals surface area contributed by atoms with Crippen LogP contribution < -0.4 is 5.06 Å². The summed E-state index contributed by atoms with van der Waals surface area (Å²) in [5.41, 5.74) is 0. The molecule has 0 radical (unpaired) electrons. The van der Waals surface area contributed by atoms with Gasteiger partial charge in [-0.1, -0.05) is 12.8 Å². The Morgan fingerprint density at radius 1 is 1.44 bits per heavy atom. The molecule has 1 fully saturated rings. The van der Waals surface area contributed by atoms with Crippen LogP contribution in [0.5, 0.6) is 0 Å². The van der Waals surface area contributed by atoms with E-state index in [2.05, 4.69) is 0 Å². The molecule has 1 aliphatic carbocycles. The van der Waals surface area contributed by atoms with Gasteiger partial charge in [-0.15, -0.1) is 0 Å². The van der Waals surface area contributed by atoms with E-state index in [1.54, 1.807) is 7.05 Å². The van der Waals surface area contributed by atoms with Crippen molar-refractivity contribution < 1.29 is 5.06 Å². The number of hydrogen-bond acceptors (Lipinski definition) is 1. The molecular weight excluding hydrogens is 114 g/mol. The van der Waals surface area contributed by atoms with Crippen LogP contribution in [0.4, 0.5) is 0 Å². The third-order valence-corrected chi connectivity index (χ3v) is 2.05. The molecule has 1 N–H and O–H groups in total. The first-order chi connectivity index (χ1) is 4.29. The molecule has 1 unspecified atom stereocenters. The molecule has 0 aromatic heterocycles. The SMILES string of the molecule is C[NH+]([O-])CC1CCCC1. The average molecular weight is 129 g/mol. The van der Waals surface area contributed by atoms with Crippen molar-refractivity contribution in [1.29, 1.82) is 0 Å². The second-order valence-electron chi connectivity index (χ2n) is 3.06. The zero-order chi connectivity index (χ0) is 6.69. The number of nitrogens with one attached hydrogen (secondary N) is 1. The van der Waals surface area contributed by atoms with Crippen LogP contribution in [0.25, 0.3) is 0 Å². The van der Waals surface area contributed by atoms with Crippen molar-refractivity contribution in [3.05, 3.63) is 5.21 Å². The van der Waals surface area contributed by atoms with Crippen LogP contribution in [0.1, 0.15) is 25.7 Å². The molecule has 1 aliphatic rings. The maximum absolute atomic E-state index is 10.6. The topological polar surface area (TPSA) is 27.5 Å². The van der Waals surface area contributed by atoms with Crippen molar-refractivity contribution in [3.8, 4) is 0 Å². The minimum absolute atomic E-state index is 0.363. The average Bonchev–Trinajstić information content (AvgIpc) is 2.15. The normalized spacial score (nSPS) is 24.7. The van der Waals surface area contributed by atoms with Crippen LogP contribution in [-0.2, 0) is 0 Å². The van der Waals surface area contributed by atoms with Gasteiger partial charge in [-0.2, -0.15) is 0 Å². The van der Waals surface area contributed by atoms with Gasteiger partial charge in [-0.25, -0.2) is 0 Å². The first kappa shape index (κ1) is 7.03. The van der Waals surface area contributed by atoms with E-state index in [1.165, 1.54) is 25.7 Å². The van der Waals surface area contributed by atoms with Gasteiger partial charge in [0.05, 0.1) is 13.6 Å². The fraction of sp³-hybridized carbons (Fsp3) is 1.00. The van der Waals surface area contributed by atoms with Crippen LogP contribution >= 0.6 is 0 Å². The van der Waals surface area contributed by atoms with E-state index < -0.39 is 0 Å². The van der Waals surface area contributed by atoms with Gasteiger partial charge in [0.25, 0.3) is 0 Å². The predicted octanol–water partition coefficient (Wildman–Crippen LogP) is 0.189. The van der Waals surface area contributed by atoms with Crippen molar-refractivity contribution in [2.24, 2.45) is 5.92 Å². The van der Waals surface area contributed by atoms with Crippen molar-refractivity contribution in [3.63, 3.8) is 0 Å². The van der Waals surface area contributed by atoms with Crippen molar-refractivity contribution >= 4 is 0 Å². The van der Waals surface area contributed by atoms with Crippen LogP contribution in [0.3, 0.4) is 0 Å². The van der Waals surface area contributed by atoms with E-state index in [0.717, 1.165) is 12.5 Å². The van der Waals surface area contributed by atoms with E-state index in [0.29, 0.717) is 5.06 Å². The number of hydroxylamine groups is 2. The lowest BCUT2D eigenvalue weighted by Gasteiger charge is -2.19. The molecule has 2 heteroatoms. The van der Waals surface area contributed by atoms with Gasteiger partial charge in [-0.05, 0) is 12.8 Å². The summed E-state index contributed by atoms with van der Waals surface area (Å²) in [5.74, 6) is 0.738. The Balaban J connectivity index is 2.11. The van der Waals surface area contributed by atoms with Crippen molar-refractivity contribution in [2.45, 2.75) is 25.7 Å². The largest absolute Gasteiger partial charge is 0.634 e. The van der Waals surface area contributed by atoms with Crippen LogP contribution in [0, 0.1) is 11.1 Å². The van der Waals surface area contributed by atoms with Crippen LogP contribution in [0.2, 0.25) is 0 Å². The molecule has 0 heterocycles. The molecular formula is C7H15NO. The second kappa shape index (κ2) is 3.18. The standard InChI is InChI=1S/C7H15NO/c1-8(9)6-7-4-2-3-5-7/h7-8H,2-6H2,1H3. The minimum atomic E-state index is 0.363. The molecule has 1 atom stereocenters. The number of hydrogen-bond donors (Lipinski definition) is 1. The molecule has 1 rings (SSSR count). The van der Waals surface area contributed by atoms with Gasteiger partial charge < -0.3 is 10.3 Å². The highest BCUT2D eigenvalue weighted by molar-refractivity contribution is 4.65. The fourth-order valence-corrected chi connectivity index (χ4v) is 1.62. The van der Waals surface area contributed by atoms with Crippen LogP contribution in [-0.4, -0.2) is 13.6 Å². The highest BCUT2D eigenvalue weighted by Gasteiger charge is 2.15. The lowest BCUT2D eigenvalue weighted by Crippen LogP contribution is -3.04. The number of quaternary nitrogens is 1. The lowest BCUT2D eigenvalue weighted by molar-refractivity contribution is -0.829. The predicted molar refractivity (Wildman–Crippen MR) is 37.1 cm³/mol. The molecule has 0 aliphatic heterocycles. The Bertz CT molecular complexity index is 77.0. The van der Waals surface area contributed by atoms with E-state index in [-0.39, 0.29) is 0 Å². The lowest BCUT2D eigenvalue weighted by atomic mass is 10.1. The molecule has 0 aromatic carbocycles. The summed E-state index contributed by atoms with van der Waals surface area (Å²) < 4.78 is 0. The summed E-state index contributed by atoms with van der Waals surface area (Å²) in [4.78, 5) is 0. The van der Waals surface area contributed by atoms with E-state index in [1.807, 2.05) is 0 Å². The first-order valence-electron chi connectivity index (χ1n) is 3.78. The molecule has 9 heavy (non-hydrogen) atoms. The quantitative estimate of drug-likeness (QED) is 0.529. The molecule has 0 saturated heterocycles. The monoisotopic (exact) mass is 129 g/mol. The van der Waals surface area contributed by atoms with Gasteiger partial charge in [0, 0.05) is 5.92 Å². The van der Waals surface area contributed by atoms with Crippen LogP contribution in [0.15, 0.2) is 0 Å². The van der Waals surface area contributed by atoms with Gasteiger partial charge in [0.2, 0.25) is 0 Å². The fourth-order valence-electron chi connectivity index (χ4n) is 1.62. The summed E-state index contributed by atoms with van der Waals surface area (Å²) in [6.07, 6.45) is 5.27. The summed E-state index contributed by atoms with van der Waals surface area (Å²) in [5, 5.41) is 11.0. The molecule has 0 spiro atoms. The smallest absolute Gasteiger partial charge is 0.0794 e. The van der Waals surface area contributed by atoms with E-state index in [4.69, 9.17) is 0 Å². The Morgan fingerprint density at radius 2 is 2.00 bits per heavy atom. The summed E-state index contributed by atoms with van der Waals surface area (Å²) in [6.45, 7) is 0.833. The van der Waals surface area contributed by atoms with Crippen molar-refractivity contribution in [1.82, 2.24) is 0 Å². The first-order valence-corrected chi connectivity index (χ1v) is 3.78. The Hall–Kier alpha value is -0.0800. The van der Waals surface area contributed by atoms with E-state index >= 15 is 0 Å². The highest BCUT2D eigenvalue weighted by Crippen LogP contribution is 2.22. The Labute approximate surface area is 56.4 Å². The van der Waals surface area contributed by atoms with E-state index in [9.17, 15) is 5.21 Å². The van der Waals surface area contributed by atoms with Gasteiger partial charge in [0.1, 0.15) is 0 Å². The molecule has 0 amide bonds. The molecule has 0 aromatic rings. The zero-order valence-electron chi connectivity index (χ0n) is 6.02. The molecule has 2 nitrogen and oxygen atoms in total. The summed E-state index contributed by atoms with van der Waals surface area (Å²) >= 11 is 0. The van der Waals surface area contributed by atoms with Gasteiger partial charge >= 0.3 is 0 Å². The maximum Gasteiger partial charge on any atom is 0.0794 e. The minimum Gasteiger partial charge on any atom is -0.634 e. The molecule has 0 bridgehead atoms. The Kier molecular flexibility index (Phi) is 2.49. The molecule has 54 valence electrons. The zero-order valence-corrected chi connectivity index (χ0v) is 6.02. The Morgan fingerprint density at radius 3 is 2.44 bits per heavy atom.